The van der Waals surface area contributed by atoms with Crippen molar-refractivity contribution >= 4 is 17.5 Å². The number of nitrogens with zero attached hydrogens (tertiary/aromatic N) is 1. The summed E-state index contributed by atoms with van der Waals surface area (Å²) in [5.41, 5.74) is -7.85. The quantitative estimate of drug-likeness (QED) is 0.240. The summed E-state index contributed by atoms with van der Waals surface area (Å²) in [6.07, 6.45) is -17.4. The fraction of sp³-hybridized carbons (Fsp3) is 0.200. The van der Waals surface area contributed by atoms with E-state index in [4.69, 9.17) is 11.6 Å². The van der Waals surface area contributed by atoms with Crippen molar-refractivity contribution in [3.8, 4) is 0 Å². The molecule has 3 nitrogen and oxygen atoms in total. The lowest BCUT2D eigenvalue weighted by Crippen LogP contribution is -2.49. The van der Waals surface area contributed by atoms with Crippen LogP contribution >= 0.6 is 11.6 Å². The highest BCUT2D eigenvalue weighted by Gasteiger charge is 2.51. The van der Waals surface area contributed by atoms with Gasteiger partial charge in [-0.15, -0.1) is 0 Å². The van der Waals surface area contributed by atoms with Crippen molar-refractivity contribution in [1.82, 2.24) is 10.3 Å². The predicted molar refractivity (Wildman–Crippen MR) is 120 cm³/mol. The minimum Gasteiger partial charge on any atom is -0.337 e. The van der Waals surface area contributed by atoms with Crippen molar-refractivity contribution in [3.05, 3.63) is 112 Å². The summed E-state index contributed by atoms with van der Waals surface area (Å²) >= 11 is 5.84. The first-order valence-electron chi connectivity index (χ1n) is 10.6. The number of hydrogen-bond donors (Lipinski definition) is 1. The highest BCUT2D eigenvalue weighted by Crippen LogP contribution is 2.40. The Labute approximate surface area is 219 Å². The van der Waals surface area contributed by atoms with Crippen LogP contribution in [0, 0.1) is 5.82 Å². The maximum atomic E-state index is 14.5. The highest BCUT2D eigenvalue weighted by molar-refractivity contribution is 6.30. The molecule has 3 rings (SSSR count). The zero-order valence-corrected chi connectivity index (χ0v) is 19.9. The summed E-state index contributed by atoms with van der Waals surface area (Å²) < 4.78 is 134. The average molecular weight is 585 g/mol. The molecule has 0 fully saturated rings. The van der Waals surface area contributed by atoms with Crippen LogP contribution in [0.1, 0.15) is 22.4 Å². The van der Waals surface area contributed by atoms with Crippen LogP contribution in [0.25, 0.3) is 0 Å². The number of halogens is 11. The molecule has 1 aromatic heterocycles. The van der Waals surface area contributed by atoms with E-state index >= 15 is 0 Å². The van der Waals surface area contributed by atoms with Crippen LogP contribution in [-0.2, 0) is 22.9 Å². The molecule has 39 heavy (non-hydrogen) atoms. The molecule has 1 N–H and O–H groups in total. The van der Waals surface area contributed by atoms with Crippen molar-refractivity contribution in [3.63, 3.8) is 0 Å². The molecule has 0 radical (unpaired) electrons. The van der Waals surface area contributed by atoms with Gasteiger partial charge in [-0.3, -0.25) is 9.78 Å². The number of rotatable bonds is 6. The highest BCUT2D eigenvalue weighted by atomic mass is 35.5. The third-order valence-electron chi connectivity index (χ3n) is 5.42. The second kappa shape index (κ2) is 10.9. The number of alkyl halides is 9. The summed E-state index contributed by atoms with van der Waals surface area (Å²) in [6.45, 7) is 0. The summed E-state index contributed by atoms with van der Waals surface area (Å²) in [5, 5.41) is 1.96. The van der Waals surface area contributed by atoms with E-state index in [0.717, 1.165) is 12.3 Å². The Kier molecular flexibility index (Phi) is 8.34. The van der Waals surface area contributed by atoms with Crippen molar-refractivity contribution in [2.45, 2.75) is 30.5 Å². The van der Waals surface area contributed by atoms with E-state index in [0.29, 0.717) is 12.1 Å². The van der Waals surface area contributed by atoms with Crippen LogP contribution in [0.15, 0.2) is 78.5 Å². The maximum Gasteiger partial charge on any atom is 0.421 e. The van der Waals surface area contributed by atoms with Gasteiger partial charge in [0, 0.05) is 18.7 Å². The molecule has 14 heteroatoms. The van der Waals surface area contributed by atoms with Crippen molar-refractivity contribution in [2.24, 2.45) is 0 Å². The normalized spacial score (nSPS) is 13.9. The smallest absolute Gasteiger partial charge is 0.337 e. The number of allylic oxidation sites excluding steroid dienone is 1. The van der Waals surface area contributed by atoms with Gasteiger partial charge in [0.05, 0.1) is 16.3 Å². The number of aromatic nitrogens is 1. The standard InChI is InChI=1S/C25H15ClF10N2O/c26-17-6-7-20(37-13-17)22(12-14-4-2-1-3-5-14,15-8-16(23(28,29)30)10-18(27)9-15)38-21(39)11-19(24(31,32)33)25(34,35)36/h1-11,13H,12H2,(H,38,39). The van der Waals surface area contributed by atoms with E-state index in [1.807, 2.05) is 5.32 Å². The van der Waals surface area contributed by atoms with Gasteiger partial charge in [0.15, 0.2) is 0 Å². The van der Waals surface area contributed by atoms with Crippen molar-refractivity contribution in [2.75, 3.05) is 0 Å². The zero-order chi connectivity index (χ0) is 29.2. The maximum absolute atomic E-state index is 14.5. The molecule has 3 aromatic rings. The number of carbonyl (C=O) groups is 1. The number of benzene rings is 2. The van der Waals surface area contributed by atoms with Gasteiger partial charge in [-0.25, -0.2) is 4.39 Å². The molecule has 1 atom stereocenters. The number of amides is 1. The fourth-order valence-corrected chi connectivity index (χ4v) is 3.86. The summed E-state index contributed by atoms with van der Waals surface area (Å²) in [4.78, 5) is 16.7. The predicted octanol–water partition coefficient (Wildman–Crippen LogP) is 7.55. The van der Waals surface area contributed by atoms with E-state index in [-0.39, 0.29) is 22.3 Å². The van der Waals surface area contributed by atoms with Gasteiger partial charge < -0.3 is 5.32 Å². The van der Waals surface area contributed by atoms with Crippen LogP contribution in [-0.4, -0.2) is 23.2 Å². The molecule has 0 saturated carbocycles. The van der Waals surface area contributed by atoms with Crippen LogP contribution < -0.4 is 5.32 Å². The Morgan fingerprint density at radius 1 is 0.846 bits per heavy atom. The van der Waals surface area contributed by atoms with Gasteiger partial charge in [-0.05, 0) is 41.5 Å². The third-order valence-corrected chi connectivity index (χ3v) is 5.64. The van der Waals surface area contributed by atoms with Gasteiger partial charge in [0.25, 0.3) is 0 Å². The van der Waals surface area contributed by atoms with Crippen LogP contribution in [0.4, 0.5) is 43.9 Å². The van der Waals surface area contributed by atoms with Crippen molar-refractivity contribution in [1.29, 1.82) is 0 Å². The second-order valence-corrected chi connectivity index (χ2v) is 8.63. The molecule has 0 aliphatic heterocycles. The molecule has 0 aliphatic rings. The van der Waals surface area contributed by atoms with E-state index in [2.05, 4.69) is 4.98 Å². The largest absolute Gasteiger partial charge is 0.421 e. The summed E-state index contributed by atoms with van der Waals surface area (Å²) in [6, 6.07) is 10.7. The minimum atomic E-state index is -6.00. The van der Waals surface area contributed by atoms with Gasteiger partial charge in [-0.1, -0.05) is 41.9 Å². The van der Waals surface area contributed by atoms with Gasteiger partial charge in [0.1, 0.15) is 16.9 Å². The van der Waals surface area contributed by atoms with Crippen LogP contribution in [0.2, 0.25) is 5.02 Å². The monoisotopic (exact) mass is 584 g/mol. The minimum absolute atomic E-state index is 0.00485. The van der Waals surface area contributed by atoms with Gasteiger partial charge >= 0.3 is 18.5 Å². The first-order valence-corrected chi connectivity index (χ1v) is 11.0. The third kappa shape index (κ3) is 7.28. The van der Waals surface area contributed by atoms with Crippen LogP contribution in [0.5, 0.6) is 0 Å². The average Bonchev–Trinajstić information content (AvgIpc) is 2.81. The molecule has 0 bridgehead atoms. The molecule has 208 valence electrons. The molecule has 0 aliphatic carbocycles. The molecule has 2 aromatic carbocycles. The Hall–Kier alpha value is -3.61. The summed E-state index contributed by atoms with van der Waals surface area (Å²) in [5.74, 6) is -3.42. The lowest BCUT2D eigenvalue weighted by atomic mass is 9.79. The Balaban J connectivity index is 2.35. The number of carbonyl (C=O) groups excluding carboxylic acids is 1. The zero-order valence-electron chi connectivity index (χ0n) is 19.1. The first-order chi connectivity index (χ1) is 17.9. The number of nitrogens with one attached hydrogen (secondary N) is 1. The fourth-order valence-electron chi connectivity index (χ4n) is 3.75. The van der Waals surface area contributed by atoms with Gasteiger partial charge in [0.2, 0.25) is 5.91 Å². The molecule has 1 heterocycles. The second-order valence-electron chi connectivity index (χ2n) is 8.20. The molecule has 1 unspecified atom stereocenters. The Morgan fingerprint density at radius 3 is 1.95 bits per heavy atom. The number of pyridine rings is 1. The van der Waals surface area contributed by atoms with E-state index in [1.165, 1.54) is 30.3 Å². The Bertz CT molecular complexity index is 1330. The first kappa shape index (κ1) is 29.9. The molecular formula is C25H15ClF10N2O. The molecule has 1 amide bonds. The van der Waals surface area contributed by atoms with Crippen molar-refractivity contribution < 1.29 is 48.7 Å². The molecule has 0 spiro atoms. The Morgan fingerprint density at radius 2 is 1.44 bits per heavy atom. The SMILES string of the molecule is O=C(C=C(C(F)(F)F)C(F)(F)F)NC(Cc1ccccc1)(c1cc(F)cc(C(F)(F)F)c1)c1ccc(Cl)cn1. The van der Waals surface area contributed by atoms with E-state index < -0.39 is 65.0 Å². The lowest BCUT2D eigenvalue weighted by Gasteiger charge is -2.35. The molecule has 0 saturated heterocycles. The lowest BCUT2D eigenvalue weighted by molar-refractivity contribution is -0.173. The van der Waals surface area contributed by atoms with Gasteiger partial charge in [-0.2, -0.15) is 39.5 Å². The van der Waals surface area contributed by atoms with E-state index in [9.17, 15) is 48.7 Å². The topological polar surface area (TPSA) is 42.0 Å². The molecular weight excluding hydrogens is 570 g/mol. The number of hydrogen-bond acceptors (Lipinski definition) is 2. The van der Waals surface area contributed by atoms with Crippen LogP contribution in [0.3, 0.4) is 0 Å². The summed E-state index contributed by atoms with van der Waals surface area (Å²) in [7, 11) is 0. The van der Waals surface area contributed by atoms with E-state index in [1.54, 1.807) is 6.07 Å².